The minimum Gasteiger partial charge on any atom is -0.408 e. The molecule has 21 heavy (non-hydrogen) atoms. The van der Waals surface area contributed by atoms with E-state index in [4.69, 9.17) is 4.42 Å². The molecule has 0 saturated heterocycles. The SMILES string of the molecule is CCC(CC)NC(=O)CCCn1c(=O)oc2ccccc21. The summed E-state index contributed by atoms with van der Waals surface area (Å²) in [6, 6.07) is 7.57. The van der Waals surface area contributed by atoms with Crippen LogP contribution in [0, 0.1) is 0 Å². The smallest absolute Gasteiger partial charge is 0.408 e. The number of para-hydroxylation sites is 2. The second kappa shape index (κ2) is 7.11. The summed E-state index contributed by atoms with van der Waals surface area (Å²) in [5, 5.41) is 3.00. The number of carbonyl (C=O) groups is 1. The van der Waals surface area contributed by atoms with Crippen molar-refractivity contribution < 1.29 is 9.21 Å². The first-order chi connectivity index (χ1) is 10.2. The van der Waals surface area contributed by atoms with Crippen LogP contribution in [0.25, 0.3) is 11.1 Å². The number of nitrogens with one attached hydrogen (secondary N) is 1. The summed E-state index contributed by atoms with van der Waals surface area (Å²) in [4.78, 5) is 23.6. The van der Waals surface area contributed by atoms with Gasteiger partial charge < -0.3 is 9.73 Å². The van der Waals surface area contributed by atoms with Crippen molar-refractivity contribution in [1.82, 2.24) is 9.88 Å². The fourth-order valence-electron chi connectivity index (χ4n) is 2.42. The molecule has 0 aliphatic heterocycles. The number of benzene rings is 1. The third-order valence-electron chi connectivity index (χ3n) is 3.71. The first-order valence-corrected chi connectivity index (χ1v) is 7.53. The minimum absolute atomic E-state index is 0.0459. The quantitative estimate of drug-likeness (QED) is 0.852. The molecule has 1 aromatic heterocycles. The molecule has 0 spiro atoms. The van der Waals surface area contributed by atoms with E-state index in [1.165, 1.54) is 0 Å². The lowest BCUT2D eigenvalue weighted by Gasteiger charge is -2.14. The van der Waals surface area contributed by atoms with Crippen LogP contribution in [0.1, 0.15) is 39.5 Å². The van der Waals surface area contributed by atoms with Crippen molar-refractivity contribution in [2.75, 3.05) is 0 Å². The lowest BCUT2D eigenvalue weighted by molar-refractivity contribution is -0.122. The topological polar surface area (TPSA) is 64.2 Å². The Balaban J connectivity index is 1.92. The van der Waals surface area contributed by atoms with Gasteiger partial charge in [-0.25, -0.2) is 4.79 Å². The van der Waals surface area contributed by atoms with E-state index in [0.29, 0.717) is 25.0 Å². The normalized spacial score (nSPS) is 11.2. The fourth-order valence-corrected chi connectivity index (χ4v) is 2.42. The van der Waals surface area contributed by atoms with Crippen LogP contribution in [0.15, 0.2) is 33.5 Å². The van der Waals surface area contributed by atoms with Crippen molar-refractivity contribution in [3.63, 3.8) is 0 Å². The van der Waals surface area contributed by atoms with Crippen molar-refractivity contribution in [3.8, 4) is 0 Å². The zero-order chi connectivity index (χ0) is 15.2. The van der Waals surface area contributed by atoms with E-state index in [9.17, 15) is 9.59 Å². The fraction of sp³-hybridized carbons (Fsp3) is 0.500. The first kappa shape index (κ1) is 15.4. The third kappa shape index (κ3) is 3.74. The Morgan fingerprint density at radius 1 is 1.29 bits per heavy atom. The van der Waals surface area contributed by atoms with E-state index in [2.05, 4.69) is 19.2 Å². The minimum atomic E-state index is -0.364. The number of hydrogen-bond donors (Lipinski definition) is 1. The Labute approximate surface area is 123 Å². The number of aryl methyl sites for hydroxylation is 1. The molecule has 0 saturated carbocycles. The Morgan fingerprint density at radius 2 is 2.00 bits per heavy atom. The summed E-state index contributed by atoms with van der Waals surface area (Å²) >= 11 is 0. The molecule has 2 rings (SSSR count). The van der Waals surface area contributed by atoms with E-state index in [-0.39, 0.29) is 17.7 Å². The molecule has 114 valence electrons. The predicted octanol–water partition coefficient (Wildman–Crippen LogP) is 2.68. The van der Waals surface area contributed by atoms with Crippen LogP contribution in [-0.4, -0.2) is 16.5 Å². The number of rotatable bonds is 7. The molecule has 0 atom stereocenters. The Hall–Kier alpha value is -2.04. The van der Waals surface area contributed by atoms with Gasteiger partial charge in [-0.05, 0) is 31.4 Å². The number of amides is 1. The highest BCUT2D eigenvalue weighted by atomic mass is 16.4. The molecular formula is C16H22N2O3. The highest BCUT2D eigenvalue weighted by Gasteiger charge is 2.10. The zero-order valence-electron chi connectivity index (χ0n) is 12.6. The Kier molecular flexibility index (Phi) is 5.20. The summed E-state index contributed by atoms with van der Waals surface area (Å²) in [6.45, 7) is 4.61. The summed E-state index contributed by atoms with van der Waals surface area (Å²) in [6.07, 6.45) is 2.92. The molecule has 1 aromatic carbocycles. The number of carbonyl (C=O) groups excluding carboxylic acids is 1. The zero-order valence-corrected chi connectivity index (χ0v) is 12.6. The first-order valence-electron chi connectivity index (χ1n) is 7.53. The average molecular weight is 290 g/mol. The van der Waals surface area contributed by atoms with E-state index in [0.717, 1.165) is 18.4 Å². The summed E-state index contributed by atoms with van der Waals surface area (Å²) < 4.78 is 6.75. The monoisotopic (exact) mass is 290 g/mol. The molecule has 0 radical (unpaired) electrons. The molecule has 0 bridgehead atoms. The summed E-state index contributed by atoms with van der Waals surface area (Å²) in [5.41, 5.74) is 1.37. The van der Waals surface area contributed by atoms with E-state index in [1.54, 1.807) is 10.6 Å². The van der Waals surface area contributed by atoms with Gasteiger partial charge in [0.2, 0.25) is 5.91 Å². The van der Waals surface area contributed by atoms with Crippen LogP contribution in [0.4, 0.5) is 0 Å². The van der Waals surface area contributed by atoms with Crippen LogP contribution in [-0.2, 0) is 11.3 Å². The van der Waals surface area contributed by atoms with Crippen molar-refractivity contribution >= 4 is 17.0 Å². The maximum Gasteiger partial charge on any atom is 0.419 e. The van der Waals surface area contributed by atoms with Gasteiger partial charge in [-0.3, -0.25) is 9.36 Å². The number of fused-ring (bicyclic) bond motifs is 1. The average Bonchev–Trinajstić information content (AvgIpc) is 2.81. The van der Waals surface area contributed by atoms with E-state index in [1.807, 2.05) is 18.2 Å². The van der Waals surface area contributed by atoms with Crippen LogP contribution in [0.2, 0.25) is 0 Å². The van der Waals surface area contributed by atoms with Crippen LogP contribution >= 0.6 is 0 Å². The van der Waals surface area contributed by atoms with Crippen molar-refractivity contribution in [3.05, 3.63) is 34.8 Å². The summed E-state index contributed by atoms with van der Waals surface area (Å²) in [7, 11) is 0. The van der Waals surface area contributed by atoms with Gasteiger partial charge in [0.15, 0.2) is 5.58 Å². The molecule has 0 aliphatic carbocycles. The maximum atomic E-state index is 11.8. The van der Waals surface area contributed by atoms with Gasteiger partial charge in [0.05, 0.1) is 5.52 Å². The largest absolute Gasteiger partial charge is 0.419 e. The van der Waals surface area contributed by atoms with Crippen LogP contribution in [0.5, 0.6) is 0 Å². The van der Waals surface area contributed by atoms with Gasteiger partial charge in [-0.15, -0.1) is 0 Å². The molecule has 5 nitrogen and oxygen atoms in total. The van der Waals surface area contributed by atoms with E-state index < -0.39 is 0 Å². The molecule has 1 heterocycles. The third-order valence-corrected chi connectivity index (χ3v) is 3.71. The van der Waals surface area contributed by atoms with Crippen molar-refractivity contribution in [2.24, 2.45) is 0 Å². The Morgan fingerprint density at radius 3 is 2.71 bits per heavy atom. The molecule has 0 unspecified atom stereocenters. The lowest BCUT2D eigenvalue weighted by atomic mass is 10.1. The molecular weight excluding hydrogens is 268 g/mol. The highest BCUT2D eigenvalue weighted by molar-refractivity contribution is 5.76. The number of aromatic nitrogens is 1. The molecule has 0 fully saturated rings. The molecule has 2 aromatic rings. The van der Waals surface area contributed by atoms with Crippen LogP contribution < -0.4 is 11.1 Å². The summed E-state index contributed by atoms with van der Waals surface area (Å²) in [5.74, 6) is -0.318. The number of hydrogen-bond acceptors (Lipinski definition) is 3. The van der Waals surface area contributed by atoms with Crippen LogP contribution in [0.3, 0.4) is 0 Å². The molecule has 5 heteroatoms. The van der Waals surface area contributed by atoms with Gasteiger partial charge in [-0.2, -0.15) is 0 Å². The molecule has 1 amide bonds. The van der Waals surface area contributed by atoms with Gasteiger partial charge in [0, 0.05) is 19.0 Å². The second-order valence-corrected chi connectivity index (χ2v) is 5.17. The standard InChI is InChI=1S/C16H22N2O3/c1-3-12(4-2)17-15(19)10-7-11-18-13-8-5-6-9-14(13)21-16(18)20/h5-6,8-9,12H,3-4,7,10-11H2,1-2H3,(H,17,19). The maximum absolute atomic E-state index is 11.8. The van der Waals surface area contributed by atoms with Gasteiger partial charge in [0.25, 0.3) is 0 Å². The molecule has 0 aliphatic rings. The van der Waals surface area contributed by atoms with Crippen molar-refractivity contribution in [2.45, 2.75) is 52.1 Å². The number of oxazole rings is 1. The lowest BCUT2D eigenvalue weighted by Crippen LogP contribution is -2.33. The predicted molar refractivity (Wildman–Crippen MR) is 82.2 cm³/mol. The van der Waals surface area contributed by atoms with Gasteiger partial charge in [0.1, 0.15) is 0 Å². The second-order valence-electron chi connectivity index (χ2n) is 5.17. The van der Waals surface area contributed by atoms with Gasteiger partial charge in [-0.1, -0.05) is 26.0 Å². The van der Waals surface area contributed by atoms with Gasteiger partial charge >= 0.3 is 5.76 Å². The Bertz CT molecular complexity index is 653. The number of nitrogens with zero attached hydrogens (tertiary/aromatic N) is 1. The van der Waals surface area contributed by atoms with Crippen molar-refractivity contribution in [1.29, 1.82) is 0 Å². The highest BCUT2D eigenvalue weighted by Crippen LogP contribution is 2.12. The van der Waals surface area contributed by atoms with E-state index >= 15 is 0 Å². The molecule has 1 N–H and O–H groups in total.